The Morgan fingerprint density at radius 2 is 2.00 bits per heavy atom. The zero-order chi connectivity index (χ0) is 16.2. The summed E-state index contributed by atoms with van der Waals surface area (Å²) in [4.78, 5) is 23.3. The first-order valence-corrected chi connectivity index (χ1v) is 8.07. The summed E-state index contributed by atoms with van der Waals surface area (Å²) >= 11 is 0. The van der Waals surface area contributed by atoms with Crippen molar-refractivity contribution in [2.75, 3.05) is 0 Å². The molecule has 4 rings (SSSR count). The summed E-state index contributed by atoms with van der Waals surface area (Å²) in [5.41, 5.74) is -1.46. The maximum atomic E-state index is 12.0. The molecule has 22 heavy (non-hydrogen) atoms. The Kier molecular flexibility index (Phi) is 3.57. The topological polar surface area (TPSA) is 54.0 Å². The van der Waals surface area contributed by atoms with E-state index in [0.717, 1.165) is 19.3 Å². The monoisotopic (exact) mass is 310 g/mol. The minimum atomic E-state index is -0.616. The molecule has 1 saturated heterocycles. The van der Waals surface area contributed by atoms with Crippen LogP contribution in [0.15, 0.2) is 12.2 Å². The minimum Gasteiger partial charge on any atom is -0.430 e. The van der Waals surface area contributed by atoms with E-state index >= 15 is 0 Å². The van der Waals surface area contributed by atoms with E-state index < -0.39 is 17.4 Å². The Labute approximate surface area is 131 Å². The van der Waals surface area contributed by atoms with Gasteiger partial charge in [-0.15, -0.1) is 0 Å². The second-order valence-electron chi connectivity index (χ2n) is 8.17. The molecular formula is C17H26O5. The quantitative estimate of drug-likeness (QED) is 0.419. The minimum absolute atomic E-state index is 0.0611. The van der Waals surface area contributed by atoms with Crippen molar-refractivity contribution < 1.29 is 24.0 Å². The molecule has 2 bridgehead atoms. The maximum absolute atomic E-state index is 12.0. The molecule has 0 amide bonds. The highest BCUT2D eigenvalue weighted by molar-refractivity contribution is 5.61. The molecule has 5 nitrogen and oxygen atoms in total. The standard InChI is InChI=1S/C17H26O5/c1-15(2,3)20-14(18)19-13-7-6-11-10-12-8-9-17(11,22-21-12)16(13,4)5/h8-9,11-13H,6-7,10H2,1-5H3/t11?,12-,13?,17?/m0/s1. The first-order valence-electron chi connectivity index (χ1n) is 8.07. The molecular weight excluding hydrogens is 284 g/mol. The van der Waals surface area contributed by atoms with Crippen LogP contribution in [0.3, 0.4) is 0 Å². The summed E-state index contributed by atoms with van der Waals surface area (Å²) in [5, 5.41) is 0. The summed E-state index contributed by atoms with van der Waals surface area (Å²) in [7, 11) is 0. The Hall–Kier alpha value is -1.07. The summed E-state index contributed by atoms with van der Waals surface area (Å²) in [6.07, 6.45) is 6.11. The number of carbonyl (C=O) groups is 1. The van der Waals surface area contributed by atoms with Crippen molar-refractivity contribution >= 4 is 6.16 Å². The third kappa shape index (κ3) is 2.44. The summed E-state index contributed by atoms with van der Waals surface area (Å²) < 4.78 is 10.9. The normalized spacial score (nSPS) is 39.2. The van der Waals surface area contributed by atoms with Crippen LogP contribution in [0.2, 0.25) is 0 Å². The fourth-order valence-electron chi connectivity index (χ4n) is 3.97. The van der Waals surface area contributed by atoms with Gasteiger partial charge in [-0.2, -0.15) is 0 Å². The average molecular weight is 310 g/mol. The number of hydrogen-bond acceptors (Lipinski definition) is 5. The lowest BCUT2D eigenvalue weighted by Crippen LogP contribution is -2.65. The molecule has 3 unspecified atom stereocenters. The molecule has 1 spiro atoms. The fourth-order valence-corrected chi connectivity index (χ4v) is 3.97. The van der Waals surface area contributed by atoms with Crippen LogP contribution in [0.1, 0.15) is 53.9 Å². The lowest BCUT2D eigenvalue weighted by molar-refractivity contribution is -0.441. The molecule has 2 aliphatic carbocycles. The molecule has 2 aliphatic heterocycles. The van der Waals surface area contributed by atoms with E-state index in [9.17, 15) is 4.79 Å². The van der Waals surface area contributed by atoms with Gasteiger partial charge in [-0.1, -0.05) is 19.9 Å². The molecule has 4 aliphatic rings. The molecule has 124 valence electrons. The molecule has 4 atom stereocenters. The van der Waals surface area contributed by atoms with Crippen molar-refractivity contribution in [3.63, 3.8) is 0 Å². The van der Waals surface area contributed by atoms with Gasteiger partial charge in [0.15, 0.2) is 0 Å². The second kappa shape index (κ2) is 4.96. The zero-order valence-electron chi connectivity index (χ0n) is 14.0. The summed E-state index contributed by atoms with van der Waals surface area (Å²) in [6.45, 7) is 9.65. The van der Waals surface area contributed by atoms with Crippen LogP contribution in [-0.2, 0) is 19.2 Å². The smallest absolute Gasteiger partial charge is 0.430 e. The zero-order valence-corrected chi connectivity index (χ0v) is 14.0. The van der Waals surface area contributed by atoms with Crippen molar-refractivity contribution in [1.82, 2.24) is 0 Å². The molecule has 2 fully saturated rings. The molecule has 0 aromatic heterocycles. The number of carbonyl (C=O) groups excluding carboxylic acids is 1. The summed E-state index contributed by atoms with van der Waals surface area (Å²) in [6, 6.07) is 0. The van der Waals surface area contributed by atoms with Gasteiger partial charge in [0.2, 0.25) is 0 Å². The number of rotatable bonds is 1. The van der Waals surface area contributed by atoms with Crippen molar-refractivity contribution in [2.24, 2.45) is 11.3 Å². The highest BCUT2D eigenvalue weighted by atomic mass is 17.2. The maximum Gasteiger partial charge on any atom is 0.509 e. The van der Waals surface area contributed by atoms with E-state index in [1.807, 2.05) is 20.8 Å². The number of fused-ring (bicyclic) bond motifs is 1. The Balaban J connectivity index is 1.78. The Morgan fingerprint density at radius 3 is 2.59 bits per heavy atom. The van der Waals surface area contributed by atoms with Gasteiger partial charge in [0, 0.05) is 5.41 Å². The van der Waals surface area contributed by atoms with Gasteiger partial charge in [-0.3, -0.25) is 0 Å². The highest BCUT2D eigenvalue weighted by Gasteiger charge is 2.62. The van der Waals surface area contributed by atoms with E-state index in [4.69, 9.17) is 19.2 Å². The molecule has 0 N–H and O–H groups in total. The van der Waals surface area contributed by atoms with Crippen LogP contribution in [0.4, 0.5) is 4.79 Å². The third-order valence-corrected chi connectivity index (χ3v) is 5.21. The molecule has 0 radical (unpaired) electrons. The van der Waals surface area contributed by atoms with E-state index in [1.54, 1.807) is 0 Å². The Morgan fingerprint density at radius 1 is 1.27 bits per heavy atom. The van der Waals surface area contributed by atoms with Gasteiger partial charge in [-0.25, -0.2) is 14.6 Å². The van der Waals surface area contributed by atoms with Crippen molar-refractivity contribution in [2.45, 2.75) is 77.3 Å². The molecule has 5 heteroatoms. The summed E-state index contributed by atoms with van der Waals surface area (Å²) in [5.74, 6) is 0.407. The van der Waals surface area contributed by atoms with Crippen LogP contribution in [0, 0.1) is 11.3 Å². The van der Waals surface area contributed by atoms with Gasteiger partial charge in [0.1, 0.15) is 23.4 Å². The van der Waals surface area contributed by atoms with Gasteiger partial charge in [-0.05, 0) is 52.0 Å². The molecule has 2 heterocycles. The van der Waals surface area contributed by atoms with Gasteiger partial charge >= 0.3 is 6.16 Å². The van der Waals surface area contributed by atoms with Gasteiger partial charge in [0.25, 0.3) is 0 Å². The second-order valence-corrected chi connectivity index (χ2v) is 8.17. The third-order valence-electron chi connectivity index (χ3n) is 5.21. The average Bonchev–Trinajstić information content (AvgIpc) is 2.41. The van der Waals surface area contributed by atoms with Crippen molar-refractivity contribution in [3.8, 4) is 0 Å². The lowest BCUT2D eigenvalue weighted by atomic mass is 9.55. The van der Waals surface area contributed by atoms with Crippen LogP contribution < -0.4 is 0 Å². The van der Waals surface area contributed by atoms with Crippen LogP contribution >= 0.6 is 0 Å². The van der Waals surface area contributed by atoms with Crippen LogP contribution in [0.5, 0.6) is 0 Å². The Bertz CT molecular complexity index is 490. The van der Waals surface area contributed by atoms with Crippen molar-refractivity contribution in [3.05, 3.63) is 12.2 Å². The SMILES string of the molecule is CC(C)(C)OC(=O)OC1CCC2C[C@@H]3C=CC2(OO3)C1(C)C. The van der Waals surface area contributed by atoms with E-state index in [0.29, 0.717) is 5.92 Å². The van der Waals surface area contributed by atoms with Crippen LogP contribution in [0.25, 0.3) is 0 Å². The van der Waals surface area contributed by atoms with Crippen molar-refractivity contribution in [1.29, 1.82) is 0 Å². The highest BCUT2D eigenvalue weighted by Crippen LogP contribution is 2.57. The fraction of sp³-hybridized carbons (Fsp3) is 0.824. The van der Waals surface area contributed by atoms with Crippen LogP contribution in [-0.4, -0.2) is 29.6 Å². The van der Waals surface area contributed by atoms with E-state index in [-0.39, 0.29) is 17.6 Å². The molecule has 0 aromatic carbocycles. The molecule has 1 saturated carbocycles. The lowest BCUT2D eigenvalue weighted by Gasteiger charge is -2.59. The van der Waals surface area contributed by atoms with Gasteiger partial charge in [0.05, 0.1) is 0 Å². The first-order chi connectivity index (χ1) is 10.1. The number of ether oxygens (including phenoxy) is 2. The van der Waals surface area contributed by atoms with E-state index in [2.05, 4.69) is 26.0 Å². The predicted molar refractivity (Wildman–Crippen MR) is 80.1 cm³/mol. The number of hydrogen-bond donors (Lipinski definition) is 0. The largest absolute Gasteiger partial charge is 0.509 e. The first kappa shape index (κ1) is 15.8. The predicted octanol–water partition coefficient (Wildman–Crippen LogP) is 3.77. The molecule has 0 aromatic rings. The van der Waals surface area contributed by atoms with E-state index in [1.165, 1.54) is 0 Å². The van der Waals surface area contributed by atoms with Gasteiger partial charge < -0.3 is 9.47 Å².